The molecule has 1 aromatic carbocycles. The lowest BCUT2D eigenvalue weighted by molar-refractivity contribution is -0.139. The first-order valence-electron chi connectivity index (χ1n) is 10.4. The van der Waals surface area contributed by atoms with Crippen LogP contribution in [0.15, 0.2) is 60.0 Å². The molecule has 1 aromatic rings. The standard InChI is InChI=1S/C24H28N2O5/c1-16-10-9-11-17(2)26(16)22(27)18-12-5-6-14-20(18)25-15-8-7-13-19(23(28)30-3)21(25)24(29)31-4/h5-8,12-17H,9-11H2,1-4H3. The van der Waals surface area contributed by atoms with Gasteiger partial charge in [-0.3, -0.25) is 4.79 Å². The number of ether oxygens (including phenoxy) is 2. The molecule has 0 aromatic heterocycles. The Morgan fingerprint density at radius 3 is 2.23 bits per heavy atom. The molecule has 2 aliphatic rings. The van der Waals surface area contributed by atoms with Crippen molar-refractivity contribution in [1.82, 2.24) is 4.90 Å². The van der Waals surface area contributed by atoms with Gasteiger partial charge in [0.2, 0.25) is 0 Å². The minimum absolute atomic E-state index is 0.0145. The van der Waals surface area contributed by atoms with Crippen LogP contribution in [0.25, 0.3) is 0 Å². The summed E-state index contributed by atoms with van der Waals surface area (Å²) in [4.78, 5) is 42.2. The molecule has 0 aliphatic carbocycles. The summed E-state index contributed by atoms with van der Waals surface area (Å²) in [5.74, 6) is -1.49. The summed E-state index contributed by atoms with van der Waals surface area (Å²) in [5, 5.41) is 0. The van der Waals surface area contributed by atoms with Crippen LogP contribution >= 0.6 is 0 Å². The van der Waals surface area contributed by atoms with Gasteiger partial charge >= 0.3 is 11.9 Å². The highest BCUT2D eigenvalue weighted by Crippen LogP contribution is 2.32. The van der Waals surface area contributed by atoms with E-state index in [1.54, 1.807) is 42.6 Å². The Morgan fingerprint density at radius 2 is 1.58 bits per heavy atom. The highest BCUT2D eigenvalue weighted by atomic mass is 16.5. The van der Waals surface area contributed by atoms with Gasteiger partial charge in [0.1, 0.15) is 5.70 Å². The molecule has 0 bridgehead atoms. The van der Waals surface area contributed by atoms with Crippen LogP contribution in [0, 0.1) is 0 Å². The average Bonchev–Trinajstić information content (AvgIpc) is 3.00. The number of para-hydroxylation sites is 1. The zero-order chi connectivity index (χ0) is 22.5. The van der Waals surface area contributed by atoms with Crippen LogP contribution in [0.2, 0.25) is 0 Å². The first kappa shape index (κ1) is 22.3. The van der Waals surface area contributed by atoms with Gasteiger partial charge in [-0.15, -0.1) is 0 Å². The van der Waals surface area contributed by atoms with E-state index in [-0.39, 0.29) is 29.3 Å². The third kappa shape index (κ3) is 4.40. The topological polar surface area (TPSA) is 76.2 Å². The van der Waals surface area contributed by atoms with Crippen LogP contribution in [0.5, 0.6) is 0 Å². The fourth-order valence-corrected chi connectivity index (χ4v) is 4.18. The van der Waals surface area contributed by atoms with Crippen molar-refractivity contribution < 1.29 is 23.9 Å². The van der Waals surface area contributed by atoms with Gasteiger partial charge in [-0.05, 0) is 57.4 Å². The third-order valence-corrected chi connectivity index (χ3v) is 5.71. The van der Waals surface area contributed by atoms with Crippen molar-refractivity contribution in [3.8, 4) is 0 Å². The van der Waals surface area contributed by atoms with Crippen molar-refractivity contribution in [2.24, 2.45) is 0 Å². The number of hydrogen-bond donors (Lipinski definition) is 0. The van der Waals surface area contributed by atoms with E-state index in [0.29, 0.717) is 11.3 Å². The number of hydrogen-bond acceptors (Lipinski definition) is 6. The number of carbonyl (C=O) groups excluding carboxylic acids is 3. The summed E-state index contributed by atoms with van der Waals surface area (Å²) in [6.07, 6.45) is 9.44. The summed E-state index contributed by atoms with van der Waals surface area (Å²) in [5.41, 5.74) is 0.958. The predicted molar refractivity (Wildman–Crippen MR) is 117 cm³/mol. The minimum Gasteiger partial charge on any atom is -0.465 e. The molecule has 1 amide bonds. The van der Waals surface area contributed by atoms with Crippen LogP contribution in [0.4, 0.5) is 5.69 Å². The normalized spacial score (nSPS) is 21.0. The predicted octanol–water partition coefficient (Wildman–Crippen LogP) is 3.58. The fourth-order valence-electron chi connectivity index (χ4n) is 4.18. The van der Waals surface area contributed by atoms with Crippen molar-refractivity contribution in [2.75, 3.05) is 19.1 Å². The molecular weight excluding hydrogens is 396 g/mol. The zero-order valence-electron chi connectivity index (χ0n) is 18.3. The van der Waals surface area contributed by atoms with E-state index >= 15 is 0 Å². The van der Waals surface area contributed by atoms with E-state index < -0.39 is 11.9 Å². The Balaban J connectivity index is 2.15. The Labute approximate surface area is 182 Å². The van der Waals surface area contributed by atoms with Gasteiger partial charge in [0, 0.05) is 18.3 Å². The Morgan fingerprint density at radius 1 is 0.935 bits per heavy atom. The second-order valence-corrected chi connectivity index (χ2v) is 7.67. The molecule has 0 spiro atoms. The minimum atomic E-state index is -0.710. The summed E-state index contributed by atoms with van der Waals surface area (Å²) in [6.45, 7) is 4.11. The monoisotopic (exact) mass is 424 g/mol. The first-order chi connectivity index (χ1) is 14.9. The smallest absolute Gasteiger partial charge is 0.355 e. The molecule has 31 heavy (non-hydrogen) atoms. The van der Waals surface area contributed by atoms with Gasteiger partial charge in [-0.1, -0.05) is 18.2 Å². The highest BCUT2D eigenvalue weighted by molar-refractivity contribution is 6.07. The molecule has 164 valence electrons. The number of nitrogens with zero attached hydrogens (tertiary/aromatic N) is 2. The molecule has 0 radical (unpaired) electrons. The number of amides is 1. The molecule has 1 saturated heterocycles. The molecule has 2 heterocycles. The maximum Gasteiger partial charge on any atom is 0.355 e. The van der Waals surface area contributed by atoms with Crippen LogP contribution in [-0.4, -0.2) is 49.0 Å². The molecule has 1 fully saturated rings. The molecule has 7 nitrogen and oxygen atoms in total. The van der Waals surface area contributed by atoms with Crippen LogP contribution in [-0.2, 0) is 19.1 Å². The van der Waals surface area contributed by atoms with E-state index in [9.17, 15) is 14.4 Å². The molecular formula is C24H28N2O5. The van der Waals surface area contributed by atoms with E-state index in [2.05, 4.69) is 13.8 Å². The number of piperidine rings is 1. The van der Waals surface area contributed by atoms with Crippen molar-refractivity contribution in [3.05, 3.63) is 65.5 Å². The number of benzene rings is 1. The second kappa shape index (κ2) is 9.64. The van der Waals surface area contributed by atoms with Gasteiger partial charge in [-0.2, -0.15) is 0 Å². The van der Waals surface area contributed by atoms with Crippen LogP contribution in [0.3, 0.4) is 0 Å². The maximum atomic E-state index is 13.6. The summed E-state index contributed by atoms with van der Waals surface area (Å²) in [6, 6.07) is 7.30. The molecule has 0 saturated carbocycles. The lowest BCUT2D eigenvalue weighted by Crippen LogP contribution is -2.47. The second-order valence-electron chi connectivity index (χ2n) is 7.67. The lowest BCUT2D eigenvalue weighted by Gasteiger charge is -2.39. The van der Waals surface area contributed by atoms with Crippen LogP contribution < -0.4 is 4.90 Å². The largest absolute Gasteiger partial charge is 0.465 e. The Hall–Kier alpha value is -3.35. The van der Waals surface area contributed by atoms with Gasteiger partial charge in [0.15, 0.2) is 0 Å². The molecule has 7 heteroatoms. The summed E-state index contributed by atoms with van der Waals surface area (Å²) in [7, 11) is 2.49. The SMILES string of the molecule is COC(=O)C1=C(C(=O)OC)N(c2ccccc2C(=O)N2C(C)CCCC2C)C=CC=C1. The van der Waals surface area contributed by atoms with Crippen LogP contribution in [0.1, 0.15) is 43.5 Å². The molecule has 2 aliphatic heterocycles. The number of allylic oxidation sites excluding steroid dienone is 2. The number of methoxy groups -OCH3 is 2. The van der Waals surface area contributed by atoms with Gasteiger partial charge in [0.05, 0.1) is 31.0 Å². The summed E-state index contributed by atoms with van der Waals surface area (Å²) >= 11 is 0. The average molecular weight is 424 g/mol. The van der Waals surface area contributed by atoms with Gasteiger partial charge < -0.3 is 19.3 Å². The third-order valence-electron chi connectivity index (χ3n) is 5.71. The van der Waals surface area contributed by atoms with Gasteiger partial charge in [-0.25, -0.2) is 9.59 Å². The number of carbonyl (C=O) groups is 3. The van der Waals surface area contributed by atoms with E-state index in [0.717, 1.165) is 19.3 Å². The molecule has 0 N–H and O–H groups in total. The van der Waals surface area contributed by atoms with E-state index in [4.69, 9.17) is 9.47 Å². The maximum absolute atomic E-state index is 13.6. The first-order valence-corrected chi connectivity index (χ1v) is 10.4. The zero-order valence-corrected chi connectivity index (χ0v) is 18.3. The van der Waals surface area contributed by atoms with E-state index in [1.807, 2.05) is 4.90 Å². The number of esters is 2. The number of rotatable bonds is 4. The van der Waals surface area contributed by atoms with Gasteiger partial charge in [0.25, 0.3) is 5.91 Å². The Kier molecular flexibility index (Phi) is 6.95. The molecule has 3 rings (SSSR count). The quantitative estimate of drug-likeness (QED) is 0.688. The Bertz CT molecular complexity index is 952. The van der Waals surface area contributed by atoms with E-state index in [1.165, 1.54) is 25.2 Å². The number of likely N-dealkylation sites (tertiary alicyclic amines) is 1. The highest BCUT2D eigenvalue weighted by Gasteiger charge is 2.33. The molecule has 2 unspecified atom stereocenters. The fraction of sp³-hybridized carbons (Fsp3) is 0.375. The van der Waals surface area contributed by atoms with Crippen molar-refractivity contribution in [1.29, 1.82) is 0 Å². The summed E-state index contributed by atoms with van der Waals surface area (Å²) < 4.78 is 9.83. The van der Waals surface area contributed by atoms with Crippen molar-refractivity contribution in [2.45, 2.75) is 45.2 Å². The number of anilines is 1. The lowest BCUT2D eigenvalue weighted by atomic mass is 9.96. The van der Waals surface area contributed by atoms with Crippen molar-refractivity contribution >= 4 is 23.5 Å². The van der Waals surface area contributed by atoms with Crippen molar-refractivity contribution in [3.63, 3.8) is 0 Å². The molecule has 2 atom stereocenters.